The molecular formula is C8H6ClNO. The van der Waals surface area contributed by atoms with Crippen molar-refractivity contribution in [3.63, 3.8) is 0 Å². The molecule has 0 unspecified atom stereocenters. The van der Waals surface area contributed by atoms with Crippen molar-refractivity contribution >= 4 is 17.5 Å². The lowest BCUT2D eigenvalue weighted by molar-refractivity contribution is -0.115. The minimum atomic E-state index is -0.0886. The minimum Gasteiger partial charge on any atom is -0.312 e. The Hall–Kier alpha value is -1.02. The Morgan fingerprint density at radius 1 is 1.55 bits per heavy atom. The van der Waals surface area contributed by atoms with Crippen molar-refractivity contribution < 1.29 is 4.79 Å². The molecule has 2 rings (SSSR count). The number of halogens is 1. The second-order valence-corrected chi connectivity index (χ2v) is 2.84. The van der Waals surface area contributed by atoms with E-state index < -0.39 is 0 Å². The highest BCUT2D eigenvalue weighted by atomic mass is 35.5. The molecule has 56 valence electrons. The maximum absolute atomic E-state index is 11.1. The molecule has 1 aliphatic heterocycles. The van der Waals surface area contributed by atoms with Crippen molar-refractivity contribution in [2.75, 3.05) is 0 Å². The van der Waals surface area contributed by atoms with Crippen molar-refractivity contribution in [1.82, 2.24) is 5.32 Å². The highest BCUT2D eigenvalue weighted by molar-refractivity contribution is 6.33. The van der Waals surface area contributed by atoms with E-state index in [1.54, 1.807) is 6.08 Å². The van der Waals surface area contributed by atoms with Crippen molar-refractivity contribution in [2.24, 2.45) is 0 Å². The highest BCUT2D eigenvalue weighted by Crippen LogP contribution is 2.28. The first-order valence-corrected chi connectivity index (χ1v) is 3.74. The third-order valence-electron chi connectivity index (χ3n) is 1.78. The summed E-state index contributed by atoms with van der Waals surface area (Å²) in [7, 11) is 0. The van der Waals surface area contributed by atoms with Gasteiger partial charge in [-0.15, -0.1) is 0 Å². The lowest BCUT2D eigenvalue weighted by Gasteiger charge is -2.01. The summed E-state index contributed by atoms with van der Waals surface area (Å²) < 4.78 is 0. The first-order chi connectivity index (χ1) is 5.29. The van der Waals surface area contributed by atoms with Crippen LogP contribution in [0.2, 0.25) is 0 Å². The normalized spacial score (nSPS) is 21.5. The summed E-state index contributed by atoms with van der Waals surface area (Å²) in [5, 5.41) is 3.03. The number of allylic oxidation sites excluding steroid dienone is 3. The molecule has 2 aliphatic rings. The quantitative estimate of drug-likeness (QED) is 0.544. The van der Waals surface area contributed by atoms with Gasteiger partial charge in [-0.2, -0.15) is 0 Å². The van der Waals surface area contributed by atoms with Gasteiger partial charge in [0.15, 0.2) is 0 Å². The molecule has 0 spiro atoms. The van der Waals surface area contributed by atoms with Crippen LogP contribution in [-0.2, 0) is 4.79 Å². The van der Waals surface area contributed by atoms with Crippen LogP contribution >= 0.6 is 11.6 Å². The fraction of sp³-hybridized carbons (Fsp3) is 0.125. The summed E-state index contributed by atoms with van der Waals surface area (Å²) in [6.45, 7) is 0. The largest absolute Gasteiger partial charge is 0.312 e. The van der Waals surface area contributed by atoms with Crippen molar-refractivity contribution in [3.05, 3.63) is 34.5 Å². The third kappa shape index (κ3) is 0.906. The van der Waals surface area contributed by atoms with E-state index in [9.17, 15) is 4.79 Å². The molecule has 0 fully saturated rings. The van der Waals surface area contributed by atoms with Crippen molar-refractivity contribution in [3.8, 4) is 0 Å². The molecule has 1 amide bonds. The molecule has 0 aromatic heterocycles. The highest BCUT2D eigenvalue weighted by Gasteiger charge is 2.25. The van der Waals surface area contributed by atoms with E-state index in [4.69, 9.17) is 11.6 Å². The van der Waals surface area contributed by atoms with Crippen LogP contribution < -0.4 is 5.32 Å². The van der Waals surface area contributed by atoms with Crippen LogP contribution in [0.5, 0.6) is 0 Å². The SMILES string of the molecule is O=C1NC(Cl)=C2CC=CC=C12. The van der Waals surface area contributed by atoms with Crippen LogP contribution in [0.15, 0.2) is 34.5 Å². The fourth-order valence-electron chi connectivity index (χ4n) is 1.22. The number of nitrogens with one attached hydrogen (secondary N) is 1. The van der Waals surface area contributed by atoms with Crippen LogP contribution in [-0.4, -0.2) is 5.91 Å². The maximum Gasteiger partial charge on any atom is 0.256 e. The average Bonchev–Trinajstić information content (AvgIpc) is 2.30. The van der Waals surface area contributed by atoms with Gasteiger partial charge in [0.05, 0.1) is 0 Å². The van der Waals surface area contributed by atoms with E-state index in [2.05, 4.69) is 5.32 Å². The molecule has 1 aliphatic carbocycles. The fourth-order valence-corrected chi connectivity index (χ4v) is 1.49. The lowest BCUT2D eigenvalue weighted by atomic mass is 10.0. The van der Waals surface area contributed by atoms with E-state index >= 15 is 0 Å². The molecule has 1 heterocycles. The predicted octanol–water partition coefficient (Wildman–Crippen LogP) is 1.45. The zero-order valence-electron chi connectivity index (χ0n) is 5.73. The van der Waals surface area contributed by atoms with E-state index in [-0.39, 0.29) is 5.91 Å². The molecule has 0 radical (unpaired) electrons. The summed E-state index contributed by atoms with van der Waals surface area (Å²) in [6, 6.07) is 0. The van der Waals surface area contributed by atoms with Gasteiger partial charge in [0.2, 0.25) is 0 Å². The number of amides is 1. The van der Waals surface area contributed by atoms with Gasteiger partial charge >= 0.3 is 0 Å². The number of carbonyl (C=O) groups is 1. The Kier molecular flexibility index (Phi) is 1.36. The van der Waals surface area contributed by atoms with Crippen molar-refractivity contribution in [1.29, 1.82) is 0 Å². The van der Waals surface area contributed by atoms with Crippen LogP contribution in [0.1, 0.15) is 6.42 Å². The Morgan fingerprint density at radius 3 is 3.09 bits per heavy atom. The number of hydrogen-bond acceptors (Lipinski definition) is 1. The number of hydrogen-bond donors (Lipinski definition) is 1. The minimum absolute atomic E-state index is 0.0886. The number of fused-ring (bicyclic) bond motifs is 1. The van der Waals surface area contributed by atoms with Gasteiger partial charge in [0.25, 0.3) is 5.91 Å². The monoisotopic (exact) mass is 167 g/mol. The third-order valence-corrected chi connectivity index (χ3v) is 2.10. The lowest BCUT2D eigenvalue weighted by Crippen LogP contribution is -2.14. The second kappa shape index (κ2) is 2.24. The molecule has 0 aromatic carbocycles. The molecule has 0 saturated heterocycles. The summed E-state index contributed by atoms with van der Waals surface area (Å²) in [5.41, 5.74) is 1.62. The Balaban J connectivity index is 2.51. The van der Waals surface area contributed by atoms with Gasteiger partial charge in [-0.25, -0.2) is 0 Å². The van der Waals surface area contributed by atoms with E-state index in [0.717, 1.165) is 12.0 Å². The maximum atomic E-state index is 11.1. The van der Waals surface area contributed by atoms with E-state index in [0.29, 0.717) is 10.7 Å². The molecule has 11 heavy (non-hydrogen) atoms. The molecule has 0 saturated carbocycles. The topological polar surface area (TPSA) is 29.1 Å². The van der Waals surface area contributed by atoms with Gasteiger partial charge in [-0.05, 0) is 12.5 Å². The summed E-state index contributed by atoms with van der Waals surface area (Å²) in [6.07, 6.45) is 6.38. The Morgan fingerprint density at radius 2 is 2.36 bits per heavy atom. The van der Waals surface area contributed by atoms with Crippen LogP contribution in [0.4, 0.5) is 0 Å². The molecule has 0 aromatic rings. The molecule has 0 atom stereocenters. The summed E-state index contributed by atoms with van der Waals surface area (Å²) in [5.74, 6) is -0.0886. The molecule has 3 heteroatoms. The van der Waals surface area contributed by atoms with E-state index in [1.165, 1.54) is 0 Å². The van der Waals surface area contributed by atoms with Crippen molar-refractivity contribution in [2.45, 2.75) is 6.42 Å². The predicted molar refractivity (Wildman–Crippen MR) is 42.9 cm³/mol. The average molecular weight is 168 g/mol. The van der Waals surface area contributed by atoms with Gasteiger partial charge in [-0.1, -0.05) is 23.8 Å². The first-order valence-electron chi connectivity index (χ1n) is 3.36. The smallest absolute Gasteiger partial charge is 0.256 e. The number of rotatable bonds is 0. The summed E-state index contributed by atoms with van der Waals surface area (Å²) >= 11 is 5.75. The first kappa shape index (κ1) is 6.68. The van der Waals surface area contributed by atoms with Gasteiger partial charge in [0.1, 0.15) is 5.16 Å². The summed E-state index contributed by atoms with van der Waals surface area (Å²) in [4.78, 5) is 11.1. The van der Waals surface area contributed by atoms with Gasteiger partial charge in [0, 0.05) is 11.1 Å². The zero-order valence-corrected chi connectivity index (χ0v) is 6.48. The van der Waals surface area contributed by atoms with Gasteiger partial charge < -0.3 is 5.32 Å². The van der Waals surface area contributed by atoms with Gasteiger partial charge in [-0.3, -0.25) is 4.79 Å². The molecule has 0 bridgehead atoms. The van der Waals surface area contributed by atoms with Crippen LogP contribution in [0.3, 0.4) is 0 Å². The second-order valence-electron chi connectivity index (χ2n) is 2.46. The number of carbonyl (C=O) groups excluding carboxylic acids is 1. The zero-order chi connectivity index (χ0) is 7.84. The standard InChI is InChI=1S/C8H6ClNO/c9-7-5-3-1-2-4-6(5)8(11)10-7/h1-2,4H,3H2,(H,10,11). The van der Waals surface area contributed by atoms with E-state index in [1.807, 2.05) is 12.2 Å². The Bertz CT molecular complexity index is 312. The Labute approximate surface area is 69.2 Å². The van der Waals surface area contributed by atoms with Crippen LogP contribution in [0, 0.1) is 0 Å². The van der Waals surface area contributed by atoms with Crippen LogP contribution in [0.25, 0.3) is 0 Å². The molecule has 2 nitrogen and oxygen atoms in total. The molecule has 1 N–H and O–H groups in total. The molecular weight excluding hydrogens is 162 g/mol.